The Bertz CT molecular complexity index is 3610. The van der Waals surface area contributed by atoms with Crippen LogP contribution in [0.25, 0.3) is 76.2 Å². The maximum atomic E-state index is 2.54. The number of aryl methyl sites for hydroxylation is 4. The fourth-order valence-corrected chi connectivity index (χ4v) is 11.0. The van der Waals surface area contributed by atoms with Crippen LogP contribution in [0.4, 0.5) is 34.1 Å². The molecule has 0 saturated heterocycles. The molecule has 4 heteroatoms. The number of fused-ring (bicyclic) bond motifs is 12. The third-order valence-electron chi connectivity index (χ3n) is 13.2. The van der Waals surface area contributed by atoms with E-state index in [1.54, 1.807) is 0 Å². The van der Waals surface area contributed by atoms with Crippen LogP contribution in [0.15, 0.2) is 182 Å². The number of para-hydroxylation sites is 4. The van der Waals surface area contributed by atoms with E-state index in [1.807, 2.05) is 0 Å². The SMILES string of the molecule is Cc1cc(C)cc(N(c2ccccc2)c2cccc3c2c2cccc4c5cc6c(cc5n3c42)c2cccc3c4c(N(c5ccccc5)c5cc(C)cc(C)c5)cccc4n6c23)c1. The molecule has 0 N–H and O–H groups in total. The maximum Gasteiger partial charge on any atom is 0.0621 e. The van der Waals surface area contributed by atoms with E-state index in [9.17, 15) is 0 Å². The van der Waals surface area contributed by atoms with Crippen LogP contribution >= 0.6 is 0 Å². The van der Waals surface area contributed by atoms with Gasteiger partial charge in [0.15, 0.2) is 0 Å². The molecule has 0 aliphatic carbocycles. The highest BCUT2D eigenvalue weighted by Crippen LogP contribution is 2.50. The average molecular weight is 795 g/mol. The summed E-state index contributed by atoms with van der Waals surface area (Å²) in [5, 5.41) is 10.1. The summed E-state index contributed by atoms with van der Waals surface area (Å²) in [6.07, 6.45) is 0. The van der Waals surface area contributed by atoms with Gasteiger partial charge in [0.1, 0.15) is 0 Å². The molecule has 0 aliphatic heterocycles. The Kier molecular flexibility index (Phi) is 7.25. The molecule has 13 aromatic rings. The van der Waals surface area contributed by atoms with E-state index in [2.05, 4.69) is 228 Å². The lowest BCUT2D eigenvalue weighted by atomic mass is 10.0. The van der Waals surface area contributed by atoms with Gasteiger partial charge in [-0.1, -0.05) is 97.1 Å². The van der Waals surface area contributed by atoms with Crippen LogP contribution in [0.2, 0.25) is 0 Å². The number of benzene rings is 9. The van der Waals surface area contributed by atoms with E-state index in [0.29, 0.717) is 0 Å². The summed E-state index contributed by atoms with van der Waals surface area (Å²) in [5.41, 5.74) is 19.4. The minimum atomic E-state index is 1.14. The van der Waals surface area contributed by atoms with Crippen molar-refractivity contribution in [3.63, 3.8) is 0 Å². The van der Waals surface area contributed by atoms with Gasteiger partial charge in [0.25, 0.3) is 0 Å². The molecule has 0 unspecified atom stereocenters. The molecule has 4 aromatic heterocycles. The lowest BCUT2D eigenvalue weighted by Gasteiger charge is -2.27. The van der Waals surface area contributed by atoms with Crippen molar-refractivity contribution in [1.82, 2.24) is 8.80 Å². The van der Waals surface area contributed by atoms with Gasteiger partial charge in [-0.25, -0.2) is 0 Å². The normalized spacial score (nSPS) is 12.2. The largest absolute Gasteiger partial charge is 0.310 e. The number of anilines is 6. The predicted octanol–water partition coefficient (Wildman–Crippen LogP) is 16.2. The van der Waals surface area contributed by atoms with Gasteiger partial charge in [0, 0.05) is 65.8 Å². The van der Waals surface area contributed by atoms with E-state index in [1.165, 1.54) is 121 Å². The van der Waals surface area contributed by atoms with Gasteiger partial charge in [-0.3, -0.25) is 0 Å². The minimum absolute atomic E-state index is 1.14. The van der Waals surface area contributed by atoms with Gasteiger partial charge >= 0.3 is 0 Å². The van der Waals surface area contributed by atoms with E-state index in [4.69, 9.17) is 0 Å². The molecular formula is C58H42N4. The molecule has 0 atom stereocenters. The van der Waals surface area contributed by atoms with Gasteiger partial charge in [-0.15, -0.1) is 0 Å². The number of nitrogens with zero attached hydrogens (tertiary/aromatic N) is 4. The van der Waals surface area contributed by atoms with Crippen molar-refractivity contribution in [2.24, 2.45) is 0 Å². The van der Waals surface area contributed by atoms with Gasteiger partial charge in [-0.2, -0.15) is 0 Å². The molecule has 0 radical (unpaired) electrons. The summed E-state index contributed by atoms with van der Waals surface area (Å²) < 4.78 is 5.07. The van der Waals surface area contributed by atoms with E-state index in [0.717, 1.165) is 11.4 Å². The summed E-state index contributed by atoms with van der Waals surface area (Å²) in [4.78, 5) is 4.88. The average Bonchev–Trinajstić information content (AvgIpc) is 4.00. The van der Waals surface area contributed by atoms with Crippen LogP contribution in [0.1, 0.15) is 22.3 Å². The zero-order chi connectivity index (χ0) is 41.4. The first-order chi connectivity index (χ1) is 30.4. The summed E-state index contributed by atoms with van der Waals surface area (Å²) in [7, 11) is 0. The Morgan fingerprint density at radius 1 is 0.290 bits per heavy atom. The second-order valence-electron chi connectivity index (χ2n) is 17.3. The van der Waals surface area contributed by atoms with Crippen LogP contribution in [0, 0.1) is 27.7 Å². The monoisotopic (exact) mass is 794 g/mol. The number of hydrogen-bond acceptors (Lipinski definition) is 2. The summed E-state index contributed by atoms with van der Waals surface area (Å²) in [6, 6.07) is 67.7. The molecule has 0 bridgehead atoms. The quantitative estimate of drug-likeness (QED) is 0.167. The molecule has 13 rings (SSSR count). The fourth-order valence-electron chi connectivity index (χ4n) is 11.0. The Morgan fingerprint density at radius 3 is 1.06 bits per heavy atom. The Hall–Kier alpha value is -7.82. The third kappa shape index (κ3) is 4.83. The lowest BCUT2D eigenvalue weighted by Crippen LogP contribution is -2.10. The Labute approximate surface area is 359 Å². The van der Waals surface area contributed by atoms with Crippen LogP contribution in [-0.2, 0) is 0 Å². The predicted molar refractivity (Wildman–Crippen MR) is 264 cm³/mol. The molecule has 0 fully saturated rings. The first-order valence-corrected chi connectivity index (χ1v) is 21.6. The Morgan fingerprint density at radius 2 is 0.661 bits per heavy atom. The molecule has 294 valence electrons. The molecule has 62 heavy (non-hydrogen) atoms. The fraction of sp³-hybridized carbons (Fsp3) is 0.0690. The first-order valence-electron chi connectivity index (χ1n) is 21.6. The lowest BCUT2D eigenvalue weighted by molar-refractivity contribution is 1.26. The molecule has 0 aliphatic rings. The van der Waals surface area contributed by atoms with E-state index < -0.39 is 0 Å². The smallest absolute Gasteiger partial charge is 0.0621 e. The van der Waals surface area contributed by atoms with Crippen molar-refractivity contribution in [3.8, 4) is 0 Å². The highest BCUT2D eigenvalue weighted by molar-refractivity contribution is 6.31. The van der Waals surface area contributed by atoms with Gasteiger partial charge < -0.3 is 18.6 Å². The highest BCUT2D eigenvalue weighted by atomic mass is 15.2. The molecule has 4 nitrogen and oxygen atoms in total. The van der Waals surface area contributed by atoms with Crippen molar-refractivity contribution in [1.29, 1.82) is 0 Å². The van der Waals surface area contributed by atoms with E-state index >= 15 is 0 Å². The maximum absolute atomic E-state index is 2.54. The van der Waals surface area contributed by atoms with Crippen LogP contribution in [0.3, 0.4) is 0 Å². The molecular weight excluding hydrogens is 753 g/mol. The summed E-state index contributed by atoms with van der Waals surface area (Å²) >= 11 is 0. The molecule has 0 saturated carbocycles. The van der Waals surface area contributed by atoms with Gasteiger partial charge in [0.2, 0.25) is 0 Å². The van der Waals surface area contributed by atoms with Crippen LogP contribution in [0.5, 0.6) is 0 Å². The molecule has 4 heterocycles. The molecule has 9 aromatic carbocycles. The topological polar surface area (TPSA) is 15.3 Å². The summed E-state index contributed by atoms with van der Waals surface area (Å²) in [5.74, 6) is 0. The number of rotatable bonds is 6. The number of hydrogen-bond donors (Lipinski definition) is 0. The van der Waals surface area contributed by atoms with Gasteiger partial charge in [-0.05, 0) is 135 Å². The van der Waals surface area contributed by atoms with Crippen molar-refractivity contribution in [2.45, 2.75) is 27.7 Å². The van der Waals surface area contributed by atoms with Crippen LogP contribution < -0.4 is 9.80 Å². The van der Waals surface area contributed by atoms with Gasteiger partial charge in [0.05, 0.1) is 44.5 Å². The molecule has 0 spiro atoms. The number of aromatic nitrogens is 2. The summed E-state index contributed by atoms with van der Waals surface area (Å²) in [6.45, 7) is 8.76. The third-order valence-corrected chi connectivity index (χ3v) is 13.2. The highest BCUT2D eigenvalue weighted by Gasteiger charge is 2.27. The Balaban J connectivity index is 1.09. The first kappa shape index (κ1) is 35.0. The van der Waals surface area contributed by atoms with Crippen LogP contribution in [-0.4, -0.2) is 8.80 Å². The zero-order valence-electron chi connectivity index (χ0n) is 35.1. The van der Waals surface area contributed by atoms with Crippen molar-refractivity contribution in [3.05, 3.63) is 204 Å². The van der Waals surface area contributed by atoms with Crippen molar-refractivity contribution in [2.75, 3.05) is 9.80 Å². The second kappa shape index (κ2) is 12.8. The minimum Gasteiger partial charge on any atom is -0.310 e. The van der Waals surface area contributed by atoms with Crippen molar-refractivity contribution >= 4 is 110 Å². The standard InChI is InChI=1S/C58H42N4/c1-35-27-36(2)30-41(29-35)59(39-15-7-5-8-16-39)49-23-13-25-51-55(49)45-21-11-19-43-47-34-54-48(33-53(47)61(51)57(43)45)44-20-12-22-46-56-50(24-14-26-52(56)62(54)58(44)46)60(40-17-9-6-10-18-40)42-31-37(3)28-38(4)32-42/h5-34H,1-4H3. The zero-order valence-corrected chi connectivity index (χ0v) is 35.1. The van der Waals surface area contributed by atoms with E-state index in [-0.39, 0.29) is 0 Å². The molecule has 0 amide bonds. The second-order valence-corrected chi connectivity index (χ2v) is 17.3. The van der Waals surface area contributed by atoms with Crippen molar-refractivity contribution < 1.29 is 0 Å².